The lowest BCUT2D eigenvalue weighted by molar-refractivity contribution is 0.0563. The first-order valence-corrected chi connectivity index (χ1v) is 6.30. The molecule has 1 atom stereocenters. The van der Waals surface area contributed by atoms with Crippen molar-refractivity contribution < 1.29 is 19.1 Å². The average Bonchev–Trinajstić information content (AvgIpc) is 2.96. The van der Waals surface area contributed by atoms with Crippen molar-refractivity contribution in [2.45, 2.75) is 12.6 Å². The van der Waals surface area contributed by atoms with Crippen LogP contribution in [0.2, 0.25) is 0 Å². The van der Waals surface area contributed by atoms with E-state index < -0.39 is 5.97 Å². The number of methoxy groups -OCH3 is 1. The van der Waals surface area contributed by atoms with Gasteiger partial charge in [-0.05, 0) is 11.6 Å². The summed E-state index contributed by atoms with van der Waals surface area (Å²) in [6, 6.07) is 11.1. The molecule has 0 aliphatic rings. The van der Waals surface area contributed by atoms with Gasteiger partial charge in [0.15, 0.2) is 0 Å². The van der Waals surface area contributed by atoms with Gasteiger partial charge in [0.25, 0.3) is 0 Å². The minimum atomic E-state index is -0.507. The number of benzene rings is 1. The molecular weight excluding hydrogens is 258 g/mol. The van der Waals surface area contributed by atoms with Crippen molar-refractivity contribution in [2.24, 2.45) is 0 Å². The third-order valence-electron chi connectivity index (χ3n) is 3.04. The predicted octanol–water partition coefficient (Wildman–Crippen LogP) is 1.89. The van der Waals surface area contributed by atoms with E-state index in [-0.39, 0.29) is 18.4 Å². The van der Waals surface area contributed by atoms with Gasteiger partial charge in [0, 0.05) is 12.1 Å². The van der Waals surface area contributed by atoms with E-state index >= 15 is 0 Å². The van der Waals surface area contributed by atoms with Gasteiger partial charge in [0.1, 0.15) is 0 Å². The monoisotopic (exact) mass is 275 g/mol. The highest BCUT2D eigenvalue weighted by molar-refractivity contribution is 5.87. The van der Waals surface area contributed by atoms with Crippen LogP contribution in [0.1, 0.15) is 27.7 Å². The molecule has 1 heterocycles. The number of carbonyl (C=O) groups excluding carboxylic acids is 1. The van der Waals surface area contributed by atoms with E-state index in [4.69, 9.17) is 4.42 Å². The number of esters is 1. The molecule has 0 spiro atoms. The van der Waals surface area contributed by atoms with Crippen molar-refractivity contribution >= 4 is 5.97 Å². The second-order valence-corrected chi connectivity index (χ2v) is 4.29. The minimum absolute atomic E-state index is 0.0323. The van der Waals surface area contributed by atoms with Gasteiger partial charge in [0.2, 0.25) is 5.76 Å². The lowest BCUT2D eigenvalue weighted by Gasteiger charge is -2.16. The van der Waals surface area contributed by atoms with Crippen LogP contribution in [0.3, 0.4) is 0 Å². The van der Waals surface area contributed by atoms with Gasteiger partial charge in [-0.3, -0.25) is 0 Å². The van der Waals surface area contributed by atoms with Crippen LogP contribution in [-0.2, 0) is 11.3 Å². The Morgan fingerprint density at radius 2 is 2.10 bits per heavy atom. The summed E-state index contributed by atoms with van der Waals surface area (Å²) in [7, 11) is 1.31. The van der Waals surface area contributed by atoms with Crippen LogP contribution in [-0.4, -0.2) is 24.8 Å². The van der Waals surface area contributed by atoms with E-state index in [2.05, 4.69) is 10.1 Å². The molecule has 0 bridgehead atoms. The van der Waals surface area contributed by atoms with Gasteiger partial charge in [0.05, 0.1) is 26.0 Å². The van der Waals surface area contributed by atoms with Crippen LogP contribution in [0.5, 0.6) is 0 Å². The lowest BCUT2D eigenvalue weighted by Crippen LogP contribution is -2.24. The Kier molecular flexibility index (Phi) is 4.92. The molecule has 5 nitrogen and oxygen atoms in total. The summed E-state index contributed by atoms with van der Waals surface area (Å²) < 4.78 is 9.76. The van der Waals surface area contributed by atoms with Crippen LogP contribution in [0.15, 0.2) is 47.1 Å². The van der Waals surface area contributed by atoms with Crippen LogP contribution < -0.4 is 5.32 Å². The zero-order chi connectivity index (χ0) is 14.4. The van der Waals surface area contributed by atoms with Crippen LogP contribution in [0, 0.1) is 0 Å². The topological polar surface area (TPSA) is 71.7 Å². The predicted molar refractivity (Wildman–Crippen MR) is 73.2 cm³/mol. The summed E-state index contributed by atoms with van der Waals surface area (Å²) in [6.45, 7) is 0.372. The molecule has 1 aromatic heterocycles. The Morgan fingerprint density at radius 3 is 2.75 bits per heavy atom. The number of hydrogen-bond donors (Lipinski definition) is 2. The third kappa shape index (κ3) is 3.26. The Hall–Kier alpha value is -2.11. The molecule has 2 N–H and O–H groups in total. The van der Waals surface area contributed by atoms with E-state index in [0.717, 1.165) is 5.56 Å². The van der Waals surface area contributed by atoms with Gasteiger partial charge < -0.3 is 19.6 Å². The highest BCUT2D eigenvalue weighted by Gasteiger charge is 2.17. The smallest absolute Gasteiger partial charge is 0.374 e. The van der Waals surface area contributed by atoms with E-state index in [0.29, 0.717) is 12.1 Å². The minimum Gasteiger partial charge on any atom is -0.463 e. The molecular formula is C15H17NO4. The number of nitrogens with one attached hydrogen (secondary N) is 1. The molecule has 0 saturated carbocycles. The Labute approximate surface area is 117 Å². The normalized spacial score (nSPS) is 12.1. The van der Waals surface area contributed by atoms with Crippen molar-refractivity contribution in [3.05, 3.63) is 59.5 Å². The lowest BCUT2D eigenvalue weighted by atomic mass is 10.1. The fraction of sp³-hybridized carbons (Fsp3) is 0.267. The quantitative estimate of drug-likeness (QED) is 0.788. The van der Waals surface area contributed by atoms with E-state index in [1.54, 1.807) is 6.07 Å². The van der Waals surface area contributed by atoms with Gasteiger partial charge in [-0.25, -0.2) is 4.79 Å². The number of hydrogen-bond acceptors (Lipinski definition) is 5. The molecule has 0 aliphatic carbocycles. The first-order valence-electron chi connectivity index (χ1n) is 6.30. The van der Waals surface area contributed by atoms with E-state index in [9.17, 15) is 9.90 Å². The molecule has 2 aromatic rings. The summed E-state index contributed by atoms with van der Waals surface area (Å²) in [4.78, 5) is 11.5. The molecule has 0 radical (unpaired) electrons. The molecule has 1 unspecified atom stereocenters. The van der Waals surface area contributed by atoms with Crippen molar-refractivity contribution in [3.8, 4) is 0 Å². The van der Waals surface area contributed by atoms with Gasteiger partial charge in [-0.15, -0.1) is 0 Å². The standard InChI is InChI=1S/C15H17NO4/c1-19-15(18)14-12(7-8-20-14)9-16-13(10-17)11-5-3-2-4-6-11/h2-8,13,16-17H,9-10H2,1H3. The number of carbonyl (C=O) groups is 1. The fourth-order valence-corrected chi connectivity index (χ4v) is 1.95. The molecule has 0 amide bonds. The average molecular weight is 275 g/mol. The maximum Gasteiger partial charge on any atom is 0.374 e. The highest BCUT2D eigenvalue weighted by atomic mass is 16.5. The van der Waals surface area contributed by atoms with Crippen molar-refractivity contribution in [3.63, 3.8) is 0 Å². The second kappa shape index (κ2) is 6.88. The van der Waals surface area contributed by atoms with Crippen molar-refractivity contribution in [1.82, 2.24) is 5.32 Å². The number of aliphatic hydroxyl groups excluding tert-OH is 1. The molecule has 106 valence electrons. The number of furan rings is 1. The van der Waals surface area contributed by atoms with Gasteiger partial charge >= 0.3 is 5.97 Å². The fourth-order valence-electron chi connectivity index (χ4n) is 1.95. The molecule has 5 heteroatoms. The van der Waals surface area contributed by atoms with Crippen LogP contribution in [0.25, 0.3) is 0 Å². The molecule has 1 aromatic carbocycles. The molecule has 20 heavy (non-hydrogen) atoms. The number of aliphatic hydroxyl groups is 1. The van der Waals surface area contributed by atoms with Gasteiger partial charge in [-0.1, -0.05) is 30.3 Å². The summed E-state index contributed by atoms with van der Waals surface area (Å²) in [5.41, 5.74) is 1.68. The first kappa shape index (κ1) is 14.3. The zero-order valence-electron chi connectivity index (χ0n) is 11.2. The Bertz CT molecular complexity index is 550. The van der Waals surface area contributed by atoms with Gasteiger partial charge in [-0.2, -0.15) is 0 Å². The van der Waals surface area contributed by atoms with E-state index in [1.807, 2.05) is 30.3 Å². The maximum atomic E-state index is 11.5. The summed E-state index contributed by atoms with van der Waals surface area (Å²) in [5.74, 6) is -0.322. The Morgan fingerprint density at radius 1 is 1.35 bits per heavy atom. The zero-order valence-corrected chi connectivity index (χ0v) is 11.2. The summed E-state index contributed by atoms with van der Waals surface area (Å²) in [5, 5.41) is 12.6. The number of rotatable bonds is 6. The molecule has 0 saturated heterocycles. The maximum absolute atomic E-state index is 11.5. The van der Waals surface area contributed by atoms with Crippen molar-refractivity contribution in [1.29, 1.82) is 0 Å². The molecule has 0 aliphatic heterocycles. The molecule has 2 rings (SSSR count). The van der Waals surface area contributed by atoms with Crippen LogP contribution in [0.4, 0.5) is 0 Å². The summed E-state index contributed by atoms with van der Waals surface area (Å²) in [6.07, 6.45) is 1.44. The Balaban J connectivity index is 2.04. The van der Waals surface area contributed by atoms with Crippen molar-refractivity contribution in [2.75, 3.05) is 13.7 Å². The van der Waals surface area contributed by atoms with E-state index in [1.165, 1.54) is 13.4 Å². The van der Waals surface area contributed by atoms with Crippen LogP contribution >= 0.6 is 0 Å². The summed E-state index contributed by atoms with van der Waals surface area (Å²) >= 11 is 0. The number of ether oxygens (including phenoxy) is 1. The first-order chi connectivity index (χ1) is 9.76. The largest absolute Gasteiger partial charge is 0.463 e. The second-order valence-electron chi connectivity index (χ2n) is 4.29. The SMILES string of the molecule is COC(=O)c1occc1CNC(CO)c1ccccc1. The highest BCUT2D eigenvalue weighted by Crippen LogP contribution is 2.16. The third-order valence-corrected chi connectivity index (χ3v) is 3.04. The molecule has 0 fully saturated rings.